The number of hydrogen-bond acceptors (Lipinski definition) is 2. The van der Waals surface area contributed by atoms with Gasteiger partial charge in [0.05, 0.1) is 0 Å². The highest BCUT2D eigenvalue weighted by Crippen LogP contribution is 2.22. The van der Waals surface area contributed by atoms with Crippen LogP contribution in [0.1, 0.15) is 23.0 Å². The van der Waals surface area contributed by atoms with Crippen molar-refractivity contribution in [3.05, 3.63) is 24.0 Å². The maximum atomic E-state index is 10.9. The average Bonchev–Trinajstić information content (AvgIpc) is 2.70. The normalized spacial score (nSPS) is 22.8. The lowest BCUT2D eigenvalue weighted by atomic mass is 10.2. The Morgan fingerprint density at radius 1 is 1.64 bits per heavy atom. The van der Waals surface area contributed by atoms with E-state index in [0.717, 1.165) is 19.5 Å². The van der Waals surface area contributed by atoms with E-state index in [1.54, 1.807) is 12.1 Å². The Hall–Kier alpha value is -1.29. The Bertz CT molecular complexity index is 346. The van der Waals surface area contributed by atoms with Crippen molar-refractivity contribution in [2.24, 2.45) is 0 Å². The third-order valence-corrected chi connectivity index (χ3v) is 2.76. The van der Waals surface area contributed by atoms with Crippen LogP contribution < -0.4 is 0 Å². The number of hydrogen-bond donors (Lipinski definition) is 1. The molecule has 0 spiro atoms. The van der Waals surface area contributed by atoms with Gasteiger partial charge in [0.25, 0.3) is 0 Å². The van der Waals surface area contributed by atoms with Crippen LogP contribution in [0.5, 0.6) is 0 Å². The van der Waals surface area contributed by atoms with Crippen LogP contribution in [0.4, 0.5) is 0 Å². The first-order valence-electron chi connectivity index (χ1n) is 4.77. The van der Waals surface area contributed by atoms with Crippen molar-refractivity contribution >= 4 is 5.97 Å². The maximum Gasteiger partial charge on any atom is 0.352 e. The molecule has 2 heterocycles. The van der Waals surface area contributed by atoms with Gasteiger partial charge in [-0.3, -0.25) is 0 Å². The number of rotatable bonds is 2. The van der Waals surface area contributed by atoms with Crippen molar-refractivity contribution in [1.29, 1.82) is 0 Å². The third-order valence-electron chi connectivity index (χ3n) is 2.76. The summed E-state index contributed by atoms with van der Waals surface area (Å²) >= 11 is 0. The molecule has 1 aromatic heterocycles. The van der Waals surface area contributed by atoms with E-state index in [0.29, 0.717) is 11.7 Å². The van der Waals surface area contributed by atoms with Crippen LogP contribution in [0.25, 0.3) is 0 Å². The zero-order valence-electron chi connectivity index (χ0n) is 8.18. The van der Waals surface area contributed by atoms with E-state index < -0.39 is 5.97 Å². The molecule has 2 rings (SSSR count). The summed E-state index contributed by atoms with van der Waals surface area (Å²) in [4.78, 5) is 13.1. The molecule has 1 N–H and O–H groups in total. The van der Waals surface area contributed by atoms with Crippen molar-refractivity contribution in [2.45, 2.75) is 12.5 Å². The fraction of sp³-hybridized carbons (Fsp3) is 0.500. The summed E-state index contributed by atoms with van der Waals surface area (Å²) in [5.41, 5.74) is 0.394. The number of likely N-dealkylation sites (tertiary alicyclic amines) is 1. The summed E-state index contributed by atoms with van der Waals surface area (Å²) in [5, 5.41) is 8.95. The maximum absolute atomic E-state index is 10.9. The molecule has 0 amide bonds. The van der Waals surface area contributed by atoms with E-state index in [4.69, 9.17) is 5.11 Å². The predicted octanol–water partition coefficient (Wildman–Crippen LogP) is 1.06. The Kier molecular flexibility index (Phi) is 2.29. The Morgan fingerprint density at radius 3 is 3.00 bits per heavy atom. The Balaban J connectivity index is 2.23. The predicted molar refractivity (Wildman–Crippen MR) is 52.5 cm³/mol. The van der Waals surface area contributed by atoms with Gasteiger partial charge in [0, 0.05) is 18.8 Å². The van der Waals surface area contributed by atoms with E-state index in [1.165, 1.54) is 0 Å². The summed E-state index contributed by atoms with van der Waals surface area (Å²) in [5.74, 6) is -0.843. The van der Waals surface area contributed by atoms with Crippen molar-refractivity contribution in [1.82, 2.24) is 9.47 Å². The zero-order chi connectivity index (χ0) is 10.1. The number of aromatic carboxylic acids is 1. The van der Waals surface area contributed by atoms with Gasteiger partial charge < -0.3 is 14.6 Å². The second kappa shape index (κ2) is 3.46. The van der Waals surface area contributed by atoms with Gasteiger partial charge >= 0.3 is 5.97 Å². The van der Waals surface area contributed by atoms with Gasteiger partial charge in [-0.25, -0.2) is 4.79 Å². The minimum Gasteiger partial charge on any atom is -0.477 e. The first-order valence-corrected chi connectivity index (χ1v) is 4.77. The molecule has 4 nitrogen and oxygen atoms in total. The topological polar surface area (TPSA) is 45.5 Å². The van der Waals surface area contributed by atoms with Crippen LogP contribution in [-0.4, -0.2) is 40.7 Å². The highest BCUT2D eigenvalue weighted by molar-refractivity contribution is 5.85. The molecule has 0 saturated carbocycles. The van der Waals surface area contributed by atoms with Gasteiger partial charge in [-0.1, -0.05) is 0 Å². The lowest BCUT2D eigenvalue weighted by molar-refractivity contribution is 0.0682. The van der Waals surface area contributed by atoms with E-state index in [9.17, 15) is 4.79 Å². The number of nitrogens with zero attached hydrogens (tertiary/aromatic N) is 2. The second-order valence-corrected chi connectivity index (χ2v) is 3.81. The summed E-state index contributed by atoms with van der Waals surface area (Å²) in [6, 6.07) is 3.77. The quantitative estimate of drug-likeness (QED) is 0.765. The minimum absolute atomic E-state index is 0.320. The monoisotopic (exact) mass is 194 g/mol. The molecule has 76 valence electrons. The third kappa shape index (κ3) is 1.53. The molecule has 1 saturated heterocycles. The average molecular weight is 194 g/mol. The molecular formula is C10H14N2O2. The molecule has 1 fully saturated rings. The number of carbonyl (C=O) groups is 1. The van der Waals surface area contributed by atoms with Crippen molar-refractivity contribution in [3.63, 3.8) is 0 Å². The summed E-state index contributed by atoms with van der Waals surface area (Å²) < 4.78 is 1.87. The van der Waals surface area contributed by atoms with Gasteiger partial charge in [0.15, 0.2) is 0 Å². The molecule has 1 aromatic rings. The highest BCUT2D eigenvalue weighted by atomic mass is 16.4. The molecule has 0 aromatic carbocycles. The number of aromatic nitrogens is 1. The van der Waals surface area contributed by atoms with Gasteiger partial charge in [-0.2, -0.15) is 0 Å². The standard InChI is InChI=1S/C10H14N2O2/c1-11-6-4-8(7-11)12-5-2-3-9(12)10(13)14/h2-3,5,8H,4,6-7H2,1H3,(H,13,14)/t8-/m0/s1. The van der Waals surface area contributed by atoms with Crippen LogP contribution in [0.3, 0.4) is 0 Å². The molecule has 0 bridgehead atoms. The Morgan fingerprint density at radius 2 is 2.43 bits per heavy atom. The largest absolute Gasteiger partial charge is 0.477 e. The van der Waals surface area contributed by atoms with Gasteiger partial charge in [-0.15, -0.1) is 0 Å². The molecule has 1 atom stereocenters. The van der Waals surface area contributed by atoms with E-state index >= 15 is 0 Å². The van der Waals surface area contributed by atoms with Crippen molar-refractivity contribution in [2.75, 3.05) is 20.1 Å². The lowest BCUT2D eigenvalue weighted by Gasteiger charge is -2.14. The highest BCUT2D eigenvalue weighted by Gasteiger charge is 2.23. The number of carboxylic acid groups (broad SMARTS) is 1. The molecule has 1 aliphatic rings. The van der Waals surface area contributed by atoms with Gasteiger partial charge in [0.1, 0.15) is 5.69 Å². The molecule has 0 aliphatic carbocycles. The van der Waals surface area contributed by atoms with Crippen molar-refractivity contribution in [3.8, 4) is 0 Å². The smallest absolute Gasteiger partial charge is 0.352 e. The molecule has 1 aliphatic heterocycles. The van der Waals surface area contributed by atoms with Crippen LogP contribution in [0, 0.1) is 0 Å². The molecule has 0 unspecified atom stereocenters. The summed E-state index contributed by atoms with van der Waals surface area (Å²) in [7, 11) is 2.06. The fourth-order valence-corrected chi connectivity index (χ4v) is 2.03. The van der Waals surface area contributed by atoms with E-state index in [1.807, 2.05) is 10.8 Å². The molecule has 0 radical (unpaired) electrons. The summed E-state index contributed by atoms with van der Waals surface area (Å²) in [6.45, 7) is 1.98. The van der Waals surface area contributed by atoms with Crippen LogP contribution in [0.2, 0.25) is 0 Å². The number of carboxylic acids is 1. The first kappa shape index (κ1) is 9.27. The van der Waals surface area contributed by atoms with Crippen LogP contribution >= 0.6 is 0 Å². The molecular weight excluding hydrogens is 180 g/mol. The molecule has 4 heteroatoms. The fourth-order valence-electron chi connectivity index (χ4n) is 2.03. The lowest BCUT2D eigenvalue weighted by Crippen LogP contribution is -2.18. The van der Waals surface area contributed by atoms with E-state index in [2.05, 4.69) is 11.9 Å². The van der Waals surface area contributed by atoms with Crippen LogP contribution in [-0.2, 0) is 0 Å². The van der Waals surface area contributed by atoms with Gasteiger partial charge in [0.2, 0.25) is 0 Å². The summed E-state index contributed by atoms with van der Waals surface area (Å²) in [6.07, 6.45) is 2.89. The first-order chi connectivity index (χ1) is 6.68. The van der Waals surface area contributed by atoms with Crippen LogP contribution in [0.15, 0.2) is 18.3 Å². The van der Waals surface area contributed by atoms with E-state index in [-0.39, 0.29) is 0 Å². The molecule has 14 heavy (non-hydrogen) atoms. The van der Waals surface area contributed by atoms with Crippen molar-refractivity contribution < 1.29 is 9.90 Å². The second-order valence-electron chi connectivity index (χ2n) is 3.81. The minimum atomic E-state index is -0.843. The number of likely N-dealkylation sites (N-methyl/N-ethyl adjacent to an activating group) is 1. The van der Waals surface area contributed by atoms with Gasteiger partial charge in [-0.05, 0) is 32.1 Å². The zero-order valence-corrected chi connectivity index (χ0v) is 8.18. The SMILES string of the molecule is CN1CC[C@H](n2cccc2C(=O)O)C1. The Labute approximate surface area is 82.7 Å².